The first-order valence-electron chi connectivity index (χ1n) is 8.89. The Hall–Kier alpha value is -2.54. The lowest BCUT2D eigenvalue weighted by Gasteiger charge is -2.36. The number of piperazine rings is 1. The minimum Gasteiger partial charge on any atom is -0.444 e. The van der Waals surface area contributed by atoms with Gasteiger partial charge in [-0.1, -0.05) is 17.7 Å². The number of amides is 1. The molecule has 1 aliphatic heterocycles. The van der Waals surface area contributed by atoms with Gasteiger partial charge in [-0.15, -0.1) is 10.2 Å². The van der Waals surface area contributed by atoms with Crippen molar-refractivity contribution >= 4 is 35.0 Å². The van der Waals surface area contributed by atoms with E-state index < -0.39 is 11.7 Å². The molecule has 1 aliphatic rings. The molecular formula is C19H24ClN5O2. The Kier molecular flexibility index (Phi) is 5.70. The summed E-state index contributed by atoms with van der Waals surface area (Å²) in [6, 6.07) is 11.5. The molecule has 1 fully saturated rings. The lowest BCUT2D eigenvalue weighted by atomic mass is 10.2. The van der Waals surface area contributed by atoms with Gasteiger partial charge in [0, 0.05) is 36.9 Å². The van der Waals surface area contributed by atoms with Gasteiger partial charge in [-0.25, -0.2) is 4.79 Å². The highest BCUT2D eigenvalue weighted by molar-refractivity contribution is 6.30. The van der Waals surface area contributed by atoms with Gasteiger partial charge in [0.1, 0.15) is 5.60 Å². The Balaban J connectivity index is 1.55. The number of nitrogens with zero attached hydrogens (tertiary/aromatic N) is 4. The summed E-state index contributed by atoms with van der Waals surface area (Å²) in [4.78, 5) is 16.3. The molecule has 0 bridgehead atoms. The summed E-state index contributed by atoms with van der Waals surface area (Å²) in [6.07, 6.45) is -0.542. The summed E-state index contributed by atoms with van der Waals surface area (Å²) < 4.78 is 5.21. The van der Waals surface area contributed by atoms with E-state index >= 15 is 0 Å². The molecule has 1 saturated heterocycles. The average molecular weight is 390 g/mol. The van der Waals surface area contributed by atoms with E-state index in [0.717, 1.165) is 42.7 Å². The van der Waals surface area contributed by atoms with Crippen molar-refractivity contribution in [1.29, 1.82) is 0 Å². The molecule has 8 heteroatoms. The molecule has 1 aromatic heterocycles. The van der Waals surface area contributed by atoms with Crippen molar-refractivity contribution in [3.05, 3.63) is 41.4 Å². The third-order valence-electron chi connectivity index (χ3n) is 4.06. The van der Waals surface area contributed by atoms with Crippen LogP contribution in [0.15, 0.2) is 36.4 Å². The SMILES string of the molecule is CC(C)(C)OC(=O)Nc1ccc(N2CCN(c3cccc(Cl)c3)CC2)nn1. The molecule has 0 aliphatic carbocycles. The van der Waals surface area contributed by atoms with Crippen LogP contribution in [0.1, 0.15) is 20.8 Å². The zero-order valence-electron chi connectivity index (χ0n) is 15.8. The van der Waals surface area contributed by atoms with Gasteiger partial charge in [0.25, 0.3) is 0 Å². The Morgan fingerprint density at radius 2 is 1.78 bits per heavy atom. The van der Waals surface area contributed by atoms with E-state index in [-0.39, 0.29) is 0 Å². The summed E-state index contributed by atoms with van der Waals surface area (Å²) in [6.45, 7) is 8.85. The van der Waals surface area contributed by atoms with Crippen molar-refractivity contribution in [2.24, 2.45) is 0 Å². The Bertz CT molecular complexity index is 783. The molecule has 144 valence electrons. The lowest BCUT2D eigenvalue weighted by molar-refractivity contribution is 0.0635. The van der Waals surface area contributed by atoms with Gasteiger partial charge in [0.05, 0.1) is 0 Å². The van der Waals surface area contributed by atoms with Crippen molar-refractivity contribution in [2.75, 3.05) is 41.3 Å². The van der Waals surface area contributed by atoms with Crippen molar-refractivity contribution < 1.29 is 9.53 Å². The zero-order chi connectivity index (χ0) is 19.4. The summed E-state index contributed by atoms with van der Waals surface area (Å²) in [5.41, 5.74) is 0.574. The largest absolute Gasteiger partial charge is 0.444 e. The summed E-state index contributed by atoms with van der Waals surface area (Å²) in [5, 5.41) is 11.6. The maximum Gasteiger partial charge on any atom is 0.413 e. The fraction of sp³-hybridized carbons (Fsp3) is 0.421. The maximum atomic E-state index is 11.8. The van der Waals surface area contributed by atoms with Crippen LogP contribution in [0.4, 0.5) is 22.1 Å². The molecule has 2 heterocycles. The maximum absolute atomic E-state index is 11.8. The van der Waals surface area contributed by atoms with E-state index in [1.807, 2.05) is 45.0 Å². The van der Waals surface area contributed by atoms with Crippen LogP contribution in [0.25, 0.3) is 0 Å². The van der Waals surface area contributed by atoms with Crippen LogP contribution in [0, 0.1) is 0 Å². The summed E-state index contributed by atoms with van der Waals surface area (Å²) in [7, 11) is 0. The van der Waals surface area contributed by atoms with Gasteiger partial charge >= 0.3 is 6.09 Å². The van der Waals surface area contributed by atoms with Crippen LogP contribution in [-0.2, 0) is 4.74 Å². The molecule has 0 unspecified atom stereocenters. The van der Waals surface area contributed by atoms with Gasteiger partial charge in [-0.3, -0.25) is 5.32 Å². The molecule has 27 heavy (non-hydrogen) atoms. The highest BCUT2D eigenvalue weighted by Gasteiger charge is 2.20. The molecule has 2 aromatic rings. The second-order valence-corrected chi connectivity index (χ2v) is 7.79. The van der Waals surface area contributed by atoms with E-state index in [1.54, 1.807) is 6.07 Å². The van der Waals surface area contributed by atoms with Crippen LogP contribution >= 0.6 is 11.6 Å². The average Bonchev–Trinajstić information content (AvgIpc) is 2.61. The van der Waals surface area contributed by atoms with Crippen molar-refractivity contribution in [3.63, 3.8) is 0 Å². The van der Waals surface area contributed by atoms with Crippen molar-refractivity contribution in [2.45, 2.75) is 26.4 Å². The first-order chi connectivity index (χ1) is 12.8. The van der Waals surface area contributed by atoms with Gasteiger partial charge < -0.3 is 14.5 Å². The number of aromatic nitrogens is 2. The van der Waals surface area contributed by atoms with Gasteiger partial charge in [0.2, 0.25) is 0 Å². The number of carbonyl (C=O) groups excluding carboxylic acids is 1. The number of halogens is 1. The van der Waals surface area contributed by atoms with Crippen LogP contribution in [0.2, 0.25) is 5.02 Å². The van der Waals surface area contributed by atoms with E-state index in [1.165, 1.54) is 0 Å². The number of hydrogen-bond acceptors (Lipinski definition) is 6. The monoisotopic (exact) mass is 389 g/mol. The van der Waals surface area contributed by atoms with E-state index in [9.17, 15) is 4.79 Å². The fourth-order valence-corrected chi connectivity index (χ4v) is 3.02. The number of nitrogens with one attached hydrogen (secondary N) is 1. The van der Waals surface area contributed by atoms with Crippen LogP contribution < -0.4 is 15.1 Å². The molecule has 0 atom stereocenters. The molecule has 1 N–H and O–H groups in total. The molecule has 0 radical (unpaired) electrons. The minimum absolute atomic E-state index is 0.366. The number of rotatable bonds is 3. The number of ether oxygens (including phenoxy) is 1. The molecular weight excluding hydrogens is 366 g/mol. The highest BCUT2D eigenvalue weighted by Crippen LogP contribution is 2.22. The number of benzene rings is 1. The van der Waals surface area contributed by atoms with Crippen LogP contribution in [0.5, 0.6) is 0 Å². The predicted molar refractivity (Wildman–Crippen MR) is 108 cm³/mol. The van der Waals surface area contributed by atoms with Crippen LogP contribution in [-0.4, -0.2) is 48.1 Å². The topological polar surface area (TPSA) is 70.6 Å². The molecule has 7 nitrogen and oxygen atoms in total. The Morgan fingerprint density at radius 3 is 2.37 bits per heavy atom. The Morgan fingerprint density at radius 1 is 1.07 bits per heavy atom. The number of carbonyl (C=O) groups is 1. The van der Waals surface area contributed by atoms with Crippen molar-refractivity contribution in [3.8, 4) is 0 Å². The number of hydrogen-bond donors (Lipinski definition) is 1. The molecule has 0 saturated carbocycles. The molecule has 1 aromatic carbocycles. The first-order valence-corrected chi connectivity index (χ1v) is 9.27. The van der Waals surface area contributed by atoms with Gasteiger partial charge in [-0.2, -0.15) is 0 Å². The first kappa shape index (κ1) is 19.2. The smallest absolute Gasteiger partial charge is 0.413 e. The summed E-state index contributed by atoms with van der Waals surface area (Å²) >= 11 is 6.08. The van der Waals surface area contributed by atoms with E-state index in [2.05, 4.69) is 31.4 Å². The van der Waals surface area contributed by atoms with E-state index in [4.69, 9.17) is 16.3 Å². The molecule has 0 spiro atoms. The second-order valence-electron chi connectivity index (χ2n) is 7.36. The lowest BCUT2D eigenvalue weighted by Crippen LogP contribution is -2.46. The third kappa shape index (κ3) is 5.47. The Labute approximate surface area is 164 Å². The second kappa shape index (κ2) is 8.00. The fourth-order valence-electron chi connectivity index (χ4n) is 2.84. The third-order valence-corrected chi connectivity index (χ3v) is 4.29. The minimum atomic E-state index is -0.555. The van der Waals surface area contributed by atoms with E-state index in [0.29, 0.717) is 5.82 Å². The van der Waals surface area contributed by atoms with Gasteiger partial charge in [-0.05, 0) is 51.1 Å². The standard InChI is InChI=1S/C19H24ClN5O2/c1-19(2,3)27-18(26)21-16-7-8-17(23-22-16)25-11-9-24(10-12-25)15-6-4-5-14(20)13-15/h4-8,13H,9-12H2,1-3H3,(H,21,22,26). The zero-order valence-corrected chi connectivity index (χ0v) is 16.5. The highest BCUT2D eigenvalue weighted by atomic mass is 35.5. The quantitative estimate of drug-likeness (QED) is 0.860. The molecule has 1 amide bonds. The van der Waals surface area contributed by atoms with Crippen molar-refractivity contribution in [1.82, 2.24) is 10.2 Å². The van der Waals surface area contributed by atoms with Crippen LogP contribution in [0.3, 0.4) is 0 Å². The van der Waals surface area contributed by atoms with Gasteiger partial charge in [0.15, 0.2) is 11.6 Å². The normalized spacial score (nSPS) is 14.8. The molecule has 3 rings (SSSR count). The summed E-state index contributed by atoms with van der Waals surface area (Å²) in [5.74, 6) is 1.15. The predicted octanol–water partition coefficient (Wildman–Crippen LogP) is 3.80. The number of anilines is 3.